The van der Waals surface area contributed by atoms with Crippen LogP contribution in [0.25, 0.3) is 0 Å². The van der Waals surface area contributed by atoms with Crippen LogP contribution in [0.1, 0.15) is 30.7 Å². The molecular weight excluding hydrogens is 340 g/mol. The first kappa shape index (κ1) is 18.2. The summed E-state index contributed by atoms with van der Waals surface area (Å²) in [6.45, 7) is 2.39. The maximum Gasteiger partial charge on any atom is 0.230 e. The molecule has 1 amide bonds. The maximum absolute atomic E-state index is 13.1. The lowest BCUT2D eigenvalue weighted by Crippen LogP contribution is -2.46. The van der Waals surface area contributed by atoms with Crippen molar-refractivity contribution < 1.29 is 17.9 Å². The average molecular weight is 366 g/mol. The first-order valence-corrected chi connectivity index (χ1v) is 10.6. The molecule has 3 rings (SSSR count). The largest absolute Gasteiger partial charge is 0.493 e. The third-order valence-electron chi connectivity index (χ3n) is 5.17. The average Bonchev–Trinajstić information content (AvgIpc) is 2.60. The van der Waals surface area contributed by atoms with Gasteiger partial charge >= 0.3 is 0 Å². The highest BCUT2D eigenvalue weighted by atomic mass is 32.2. The summed E-state index contributed by atoms with van der Waals surface area (Å²) in [4.78, 5) is 15.0. The van der Waals surface area contributed by atoms with E-state index < -0.39 is 10.0 Å². The molecule has 2 aliphatic heterocycles. The number of hydrogen-bond acceptors (Lipinski definition) is 4. The zero-order chi connectivity index (χ0) is 18.0. The van der Waals surface area contributed by atoms with Crippen LogP contribution in [0.5, 0.6) is 5.75 Å². The van der Waals surface area contributed by atoms with Crippen molar-refractivity contribution in [1.29, 1.82) is 0 Å². The van der Waals surface area contributed by atoms with Crippen molar-refractivity contribution >= 4 is 15.9 Å². The van der Waals surface area contributed by atoms with Gasteiger partial charge in [-0.2, -0.15) is 0 Å². The molecule has 0 aromatic heterocycles. The van der Waals surface area contributed by atoms with E-state index in [1.54, 1.807) is 7.05 Å². The Balaban J connectivity index is 1.69. The third kappa shape index (κ3) is 4.15. The highest BCUT2D eigenvalue weighted by molar-refractivity contribution is 7.88. The minimum absolute atomic E-state index is 0.141. The number of piperidine rings is 1. The molecule has 0 radical (unpaired) electrons. The number of ether oxygens (including phenoxy) is 1. The van der Waals surface area contributed by atoms with Crippen molar-refractivity contribution in [3.63, 3.8) is 0 Å². The smallest absolute Gasteiger partial charge is 0.230 e. The first-order valence-electron chi connectivity index (χ1n) is 8.78. The number of amides is 1. The molecule has 2 unspecified atom stereocenters. The third-order valence-corrected chi connectivity index (χ3v) is 6.45. The molecule has 1 aromatic rings. The van der Waals surface area contributed by atoms with Gasteiger partial charge in [0.1, 0.15) is 5.75 Å². The van der Waals surface area contributed by atoms with Crippen LogP contribution in [0.2, 0.25) is 0 Å². The van der Waals surface area contributed by atoms with E-state index in [-0.39, 0.29) is 17.7 Å². The van der Waals surface area contributed by atoms with E-state index in [0.717, 1.165) is 30.7 Å². The van der Waals surface area contributed by atoms with E-state index in [4.69, 9.17) is 4.74 Å². The SMILES string of the molecule is CN(CC1CCCN(C(=O)C2CCOc3ccccc32)C1)S(C)(=O)=O. The number of sulfonamides is 1. The number of nitrogens with zero attached hydrogens (tertiary/aromatic N) is 2. The standard InChI is InChI=1S/C18H26N2O4S/c1-19(25(2,22)23)12-14-6-5-10-20(13-14)18(21)16-9-11-24-17-8-4-3-7-15(16)17/h3-4,7-8,14,16H,5-6,9-13H2,1-2H3. The molecular formula is C18H26N2O4S. The van der Waals surface area contributed by atoms with Crippen LogP contribution < -0.4 is 4.74 Å². The van der Waals surface area contributed by atoms with Gasteiger partial charge in [0, 0.05) is 32.2 Å². The van der Waals surface area contributed by atoms with Crippen LogP contribution in [-0.4, -0.2) is 63.1 Å². The van der Waals surface area contributed by atoms with Crippen LogP contribution in [-0.2, 0) is 14.8 Å². The molecule has 25 heavy (non-hydrogen) atoms. The van der Waals surface area contributed by atoms with Gasteiger partial charge in [0.15, 0.2) is 0 Å². The first-order chi connectivity index (χ1) is 11.9. The minimum Gasteiger partial charge on any atom is -0.493 e. The summed E-state index contributed by atoms with van der Waals surface area (Å²) >= 11 is 0. The van der Waals surface area contributed by atoms with Gasteiger partial charge in [-0.15, -0.1) is 0 Å². The molecule has 0 N–H and O–H groups in total. The van der Waals surface area contributed by atoms with E-state index in [0.29, 0.717) is 26.1 Å². The molecule has 6 nitrogen and oxygen atoms in total. The molecule has 2 atom stereocenters. The fraction of sp³-hybridized carbons (Fsp3) is 0.611. The van der Waals surface area contributed by atoms with Crippen LogP contribution in [0, 0.1) is 5.92 Å². The van der Waals surface area contributed by atoms with Crippen molar-refractivity contribution in [3.05, 3.63) is 29.8 Å². The van der Waals surface area contributed by atoms with Gasteiger partial charge < -0.3 is 9.64 Å². The van der Waals surface area contributed by atoms with Gasteiger partial charge in [0.25, 0.3) is 0 Å². The molecule has 7 heteroatoms. The summed E-state index contributed by atoms with van der Waals surface area (Å²) < 4.78 is 30.3. The van der Waals surface area contributed by atoms with E-state index in [1.807, 2.05) is 29.2 Å². The topological polar surface area (TPSA) is 66.9 Å². The molecule has 0 aliphatic carbocycles. The molecule has 1 fully saturated rings. The quantitative estimate of drug-likeness (QED) is 0.813. The highest BCUT2D eigenvalue weighted by Crippen LogP contribution is 2.35. The zero-order valence-corrected chi connectivity index (χ0v) is 15.7. The van der Waals surface area contributed by atoms with Gasteiger partial charge in [0.2, 0.25) is 15.9 Å². The molecule has 1 aromatic carbocycles. The highest BCUT2D eigenvalue weighted by Gasteiger charge is 2.33. The van der Waals surface area contributed by atoms with E-state index in [2.05, 4.69) is 0 Å². The Morgan fingerprint density at radius 2 is 2.08 bits per heavy atom. The number of para-hydroxylation sites is 1. The number of likely N-dealkylation sites (tertiary alicyclic amines) is 1. The molecule has 1 saturated heterocycles. The Morgan fingerprint density at radius 1 is 1.32 bits per heavy atom. The van der Waals surface area contributed by atoms with Gasteiger partial charge in [-0.3, -0.25) is 4.79 Å². The number of fused-ring (bicyclic) bond motifs is 1. The summed E-state index contributed by atoms with van der Waals surface area (Å²) in [5, 5.41) is 0. The molecule has 0 saturated carbocycles. The number of carbonyl (C=O) groups excluding carboxylic acids is 1. The van der Waals surface area contributed by atoms with Gasteiger partial charge in [0.05, 0.1) is 18.8 Å². The fourth-order valence-electron chi connectivity index (χ4n) is 3.73. The zero-order valence-electron chi connectivity index (χ0n) is 14.8. The van der Waals surface area contributed by atoms with Crippen LogP contribution in [0.3, 0.4) is 0 Å². The Kier molecular flexibility index (Phi) is 5.34. The lowest BCUT2D eigenvalue weighted by Gasteiger charge is -2.37. The van der Waals surface area contributed by atoms with Crippen LogP contribution in [0.15, 0.2) is 24.3 Å². The lowest BCUT2D eigenvalue weighted by molar-refractivity contribution is -0.135. The summed E-state index contributed by atoms with van der Waals surface area (Å²) in [7, 11) is -1.59. The Morgan fingerprint density at radius 3 is 2.84 bits per heavy atom. The van der Waals surface area contributed by atoms with Crippen LogP contribution >= 0.6 is 0 Å². The normalized spacial score (nSPS) is 23.9. The summed E-state index contributed by atoms with van der Waals surface area (Å²) in [5.74, 6) is 0.976. The number of benzene rings is 1. The lowest BCUT2D eigenvalue weighted by atomic mass is 9.90. The second-order valence-electron chi connectivity index (χ2n) is 7.06. The Bertz CT molecular complexity index is 734. The van der Waals surface area contributed by atoms with Crippen LogP contribution in [0.4, 0.5) is 0 Å². The summed E-state index contributed by atoms with van der Waals surface area (Å²) in [5.41, 5.74) is 0.967. The van der Waals surface area contributed by atoms with Crippen molar-refractivity contribution in [2.24, 2.45) is 5.92 Å². The predicted octanol–water partition coefficient (Wildman–Crippen LogP) is 1.68. The number of hydrogen-bond donors (Lipinski definition) is 0. The molecule has 0 spiro atoms. The minimum atomic E-state index is -3.19. The Hall–Kier alpha value is -1.60. The van der Waals surface area contributed by atoms with E-state index >= 15 is 0 Å². The second-order valence-corrected chi connectivity index (χ2v) is 9.15. The monoisotopic (exact) mass is 366 g/mol. The van der Waals surface area contributed by atoms with Crippen molar-refractivity contribution in [2.45, 2.75) is 25.2 Å². The van der Waals surface area contributed by atoms with Gasteiger partial charge in [-0.05, 0) is 31.2 Å². The van der Waals surface area contributed by atoms with Crippen molar-refractivity contribution in [1.82, 2.24) is 9.21 Å². The molecule has 0 bridgehead atoms. The molecule has 138 valence electrons. The van der Waals surface area contributed by atoms with E-state index in [9.17, 15) is 13.2 Å². The summed E-state index contributed by atoms with van der Waals surface area (Å²) in [6.07, 6.45) is 3.78. The van der Waals surface area contributed by atoms with Crippen molar-refractivity contribution in [2.75, 3.05) is 39.5 Å². The van der Waals surface area contributed by atoms with Crippen molar-refractivity contribution in [3.8, 4) is 5.75 Å². The van der Waals surface area contributed by atoms with Gasteiger partial charge in [-0.1, -0.05) is 18.2 Å². The number of rotatable bonds is 4. The maximum atomic E-state index is 13.1. The molecule has 2 heterocycles. The van der Waals surface area contributed by atoms with Gasteiger partial charge in [-0.25, -0.2) is 12.7 Å². The fourth-order valence-corrected chi connectivity index (χ4v) is 4.21. The number of carbonyl (C=O) groups is 1. The summed E-state index contributed by atoms with van der Waals surface area (Å²) in [6, 6.07) is 7.74. The Labute approximate surface area is 149 Å². The molecule has 2 aliphatic rings. The van der Waals surface area contributed by atoms with E-state index in [1.165, 1.54) is 10.6 Å². The predicted molar refractivity (Wildman–Crippen MR) is 96.1 cm³/mol. The second kappa shape index (κ2) is 7.33.